The lowest BCUT2D eigenvalue weighted by Crippen LogP contribution is -2.29. The molecule has 0 saturated carbocycles. The molecule has 0 aliphatic carbocycles. The molecule has 0 heterocycles. The van der Waals surface area contributed by atoms with Crippen LogP contribution in [0.15, 0.2) is 24.3 Å². The van der Waals surface area contributed by atoms with Gasteiger partial charge in [0.15, 0.2) is 4.87 Å². The zero-order valence-electron chi connectivity index (χ0n) is 12.8. The molecule has 122 valence electrons. The molecule has 5 nitrogen and oxygen atoms in total. The van der Waals surface area contributed by atoms with Crippen molar-refractivity contribution in [2.75, 3.05) is 0 Å². The van der Waals surface area contributed by atoms with Gasteiger partial charge in [-0.1, -0.05) is 45.4 Å². The Labute approximate surface area is 135 Å². The molecule has 1 unspecified atom stereocenters. The highest BCUT2D eigenvalue weighted by atomic mass is 35.5. The fourth-order valence-electron chi connectivity index (χ4n) is 2.37. The molecule has 22 heavy (non-hydrogen) atoms. The molecule has 0 radical (unpaired) electrons. The standard InChI is InChI=1S/C16H22ClNO4/c1-2-3-4-5-6-7-12-16(17,15(19)20)13-8-10-14(11-9-13)18(21)22/h8-11H,2-7,12H2,1H3,(H,19,20). The molecule has 0 aliphatic heterocycles. The summed E-state index contributed by atoms with van der Waals surface area (Å²) >= 11 is 6.30. The third-order valence-corrected chi connectivity index (χ3v) is 4.32. The lowest BCUT2D eigenvalue weighted by atomic mass is 9.91. The first-order valence-corrected chi connectivity index (χ1v) is 7.97. The average Bonchev–Trinajstić information content (AvgIpc) is 2.50. The van der Waals surface area contributed by atoms with Gasteiger partial charge in [0.2, 0.25) is 0 Å². The van der Waals surface area contributed by atoms with Crippen molar-refractivity contribution in [1.29, 1.82) is 0 Å². The highest BCUT2D eigenvalue weighted by Crippen LogP contribution is 2.36. The SMILES string of the molecule is CCCCCCCCC(Cl)(C(=O)O)c1ccc([N+](=O)[O-])cc1. The fraction of sp³-hybridized carbons (Fsp3) is 0.562. The Morgan fingerprint density at radius 1 is 1.18 bits per heavy atom. The highest BCUT2D eigenvalue weighted by molar-refractivity contribution is 6.33. The van der Waals surface area contributed by atoms with E-state index >= 15 is 0 Å². The minimum Gasteiger partial charge on any atom is -0.480 e. The molecule has 0 aromatic heterocycles. The summed E-state index contributed by atoms with van der Waals surface area (Å²) in [6.45, 7) is 2.14. The Hall–Kier alpha value is -1.62. The predicted octanol–water partition coefficient (Wildman–Crippen LogP) is 4.86. The number of hydrogen-bond donors (Lipinski definition) is 1. The number of hydrogen-bond acceptors (Lipinski definition) is 3. The van der Waals surface area contributed by atoms with Gasteiger partial charge in [-0.05, 0) is 24.1 Å². The summed E-state index contributed by atoms with van der Waals surface area (Å²) < 4.78 is 0. The number of carboxylic acids is 1. The number of rotatable bonds is 10. The average molecular weight is 328 g/mol. The number of benzene rings is 1. The fourth-order valence-corrected chi connectivity index (χ4v) is 2.63. The Morgan fingerprint density at radius 2 is 1.73 bits per heavy atom. The number of nitro groups is 1. The van der Waals surface area contributed by atoms with Crippen LogP contribution in [-0.4, -0.2) is 16.0 Å². The van der Waals surface area contributed by atoms with Gasteiger partial charge in [-0.15, -0.1) is 11.6 Å². The van der Waals surface area contributed by atoms with E-state index in [0.29, 0.717) is 12.0 Å². The Kier molecular flexibility index (Phi) is 7.32. The van der Waals surface area contributed by atoms with Gasteiger partial charge in [0.25, 0.3) is 5.69 Å². The maximum absolute atomic E-state index is 11.5. The summed E-state index contributed by atoms with van der Waals surface area (Å²) in [5, 5.41) is 20.1. The second-order valence-electron chi connectivity index (χ2n) is 5.43. The van der Waals surface area contributed by atoms with Crippen molar-refractivity contribution in [3.63, 3.8) is 0 Å². The normalized spacial score (nSPS) is 13.5. The molecule has 1 rings (SSSR count). The van der Waals surface area contributed by atoms with Crippen LogP contribution in [0, 0.1) is 10.1 Å². The number of carbonyl (C=O) groups is 1. The molecule has 0 amide bonds. The van der Waals surface area contributed by atoms with Crippen LogP contribution in [0.2, 0.25) is 0 Å². The van der Waals surface area contributed by atoms with Gasteiger partial charge >= 0.3 is 5.97 Å². The Balaban J connectivity index is 2.70. The van der Waals surface area contributed by atoms with E-state index in [-0.39, 0.29) is 5.69 Å². The van der Waals surface area contributed by atoms with Gasteiger partial charge in [-0.25, -0.2) is 4.79 Å². The molecule has 1 aromatic rings. The van der Waals surface area contributed by atoms with E-state index in [2.05, 4.69) is 6.92 Å². The lowest BCUT2D eigenvalue weighted by Gasteiger charge is -2.22. The topological polar surface area (TPSA) is 80.4 Å². The van der Waals surface area contributed by atoms with Crippen molar-refractivity contribution in [3.05, 3.63) is 39.9 Å². The molecule has 0 saturated heterocycles. The smallest absolute Gasteiger partial charge is 0.329 e. The molecule has 0 aliphatic rings. The van der Waals surface area contributed by atoms with Crippen LogP contribution >= 0.6 is 11.6 Å². The van der Waals surface area contributed by atoms with E-state index in [9.17, 15) is 20.0 Å². The van der Waals surface area contributed by atoms with Crippen molar-refractivity contribution in [2.24, 2.45) is 0 Å². The zero-order valence-corrected chi connectivity index (χ0v) is 13.5. The molecule has 0 bridgehead atoms. The predicted molar refractivity (Wildman–Crippen MR) is 86.3 cm³/mol. The third-order valence-electron chi connectivity index (χ3n) is 3.75. The summed E-state index contributed by atoms with van der Waals surface area (Å²) in [5.41, 5.74) is 0.313. The molecule has 0 fully saturated rings. The van der Waals surface area contributed by atoms with Crippen molar-refractivity contribution in [2.45, 2.75) is 56.7 Å². The molecular weight excluding hydrogens is 306 g/mol. The largest absolute Gasteiger partial charge is 0.480 e. The summed E-state index contributed by atoms with van der Waals surface area (Å²) in [6, 6.07) is 5.43. The second kappa shape index (κ2) is 8.73. The summed E-state index contributed by atoms with van der Waals surface area (Å²) in [5.74, 6) is -1.11. The molecule has 0 spiro atoms. The van der Waals surface area contributed by atoms with E-state index in [0.717, 1.165) is 32.1 Å². The van der Waals surface area contributed by atoms with E-state index in [1.54, 1.807) is 0 Å². The van der Waals surface area contributed by atoms with Crippen LogP contribution in [0.3, 0.4) is 0 Å². The number of nitrogens with zero attached hydrogens (tertiary/aromatic N) is 1. The van der Waals surface area contributed by atoms with Crippen molar-refractivity contribution in [1.82, 2.24) is 0 Å². The van der Waals surface area contributed by atoms with Gasteiger partial charge in [0, 0.05) is 12.1 Å². The molecule has 6 heteroatoms. The van der Waals surface area contributed by atoms with E-state index in [4.69, 9.17) is 11.6 Å². The maximum Gasteiger partial charge on any atom is 0.329 e. The van der Waals surface area contributed by atoms with Gasteiger partial charge in [0.05, 0.1) is 4.92 Å². The Bertz CT molecular complexity index is 503. The summed E-state index contributed by atoms with van der Waals surface area (Å²) in [4.78, 5) is 20.2. The van der Waals surface area contributed by atoms with Crippen LogP contribution < -0.4 is 0 Å². The van der Waals surface area contributed by atoms with E-state index in [1.165, 1.54) is 30.7 Å². The first kappa shape index (κ1) is 18.4. The van der Waals surface area contributed by atoms with Crippen LogP contribution in [0.5, 0.6) is 0 Å². The first-order chi connectivity index (χ1) is 10.4. The second-order valence-corrected chi connectivity index (χ2v) is 6.07. The monoisotopic (exact) mass is 327 g/mol. The van der Waals surface area contributed by atoms with Crippen molar-refractivity contribution >= 4 is 23.3 Å². The van der Waals surface area contributed by atoms with Gasteiger partial charge < -0.3 is 5.11 Å². The van der Waals surface area contributed by atoms with Crippen molar-refractivity contribution in [3.8, 4) is 0 Å². The minimum absolute atomic E-state index is 0.0762. The highest BCUT2D eigenvalue weighted by Gasteiger charge is 2.37. The quantitative estimate of drug-likeness (QED) is 0.288. The number of non-ortho nitro benzene ring substituents is 1. The van der Waals surface area contributed by atoms with Crippen LogP contribution in [-0.2, 0) is 9.67 Å². The number of alkyl halides is 1. The van der Waals surface area contributed by atoms with E-state index in [1.807, 2.05) is 0 Å². The Morgan fingerprint density at radius 3 is 2.23 bits per heavy atom. The number of carboxylic acid groups (broad SMARTS) is 1. The zero-order chi connectivity index (χ0) is 16.6. The van der Waals surface area contributed by atoms with Gasteiger partial charge in [-0.3, -0.25) is 10.1 Å². The van der Waals surface area contributed by atoms with Crippen LogP contribution in [0.4, 0.5) is 5.69 Å². The molecule has 1 aromatic carbocycles. The number of aliphatic carboxylic acids is 1. The van der Waals surface area contributed by atoms with Crippen LogP contribution in [0.1, 0.15) is 57.4 Å². The number of halogens is 1. The third kappa shape index (κ3) is 4.98. The van der Waals surface area contributed by atoms with E-state index < -0.39 is 15.8 Å². The minimum atomic E-state index is -1.51. The van der Waals surface area contributed by atoms with Crippen LogP contribution in [0.25, 0.3) is 0 Å². The molecule has 1 N–H and O–H groups in total. The number of unbranched alkanes of at least 4 members (excludes halogenated alkanes) is 5. The van der Waals surface area contributed by atoms with Crippen molar-refractivity contribution < 1.29 is 14.8 Å². The summed E-state index contributed by atoms with van der Waals surface area (Å²) in [7, 11) is 0. The van der Waals surface area contributed by atoms with Gasteiger partial charge in [-0.2, -0.15) is 0 Å². The lowest BCUT2D eigenvalue weighted by molar-refractivity contribution is -0.384. The summed E-state index contributed by atoms with van der Waals surface area (Å²) in [6.07, 6.45) is 6.54. The van der Waals surface area contributed by atoms with Gasteiger partial charge in [0.1, 0.15) is 0 Å². The first-order valence-electron chi connectivity index (χ1n) is 7.59. The number of nitro benzene ring substituents is 1. The maximum atomic E-state index is 11.5. The molecule has 1 atom stereocenters. The molecular formula is C16H22ClNO4.